The smallest absolute Gasteiger partial charge is 0.230 e. The van der Waals surface area contributed by atoms with E-state index in [0.29, 0.717) is 6.54 Å². The van der Waals surface area contributed by atoms with Gasteiger partial charge in [-0.2, -0.15) is 5.10 Å². The molecule has 1 unspecified atom stereocenters. The minimum atomic E-state index is -0.320. The van der Waals surface area contributed by atoms with Crippen LogP contribution in [0.3, 0.4) is 0 Å². The molecule has 0 aliphatic heterocycles. The molecule has 3 rings (SSSR count). The van der Waals surface area contributed by atoms with Crippen molar-refractivity contribution in [3.8, 4) is 0 Å². The van der Waals surface area contributed by atoms with Gasteiger partial charge in [-0.05, 0) is 43.5 Å². The maximum Gasteiger partial charge on any atom is 0.230 e. The lowest BCUT2D eigenvalue weighted by Crippen LogP contribution is -2.42. The molecule has 1 N–H and O–H groups in total. The SMILES string of the molecule is CC(Cn1cccn1)NC(=O)C1(c2ccc(Br)cc2)CC1. The van der Waals surface area contributed by atoms with E-state index in [9.17, 15) is 4.79 Å². The largest absolute Gasteiger partial charge is 0.351 e. The van der Waals surface area contributed by atoms with Crippen LogP contribution < -0.4 is 5.32 Å². The average Bonchev–Trinajstić information content (AvgIpc) is 3.12. The van der Waals surface area contributed by atoms with E-state index in [1.807, 2.05) is 48.1 Å². The summed E-state index contributed by atoms with van der Waals surface area (Å²) in [6.45, 7) is 2.70. The Hall–Kier alpha value is -1.62. The molecule has 0 radical (unpaired) electrons. The highest BCUT2D eigenvalue weighted by Gasteiger charge is 2.51. The topological polar surface area (TPSA) is 46.9 Å². The molecule has 4 nitrogen and oxygen atoms in total. The number of nitrogens with one attached hydrogen (secondary N) is 1. The second-order valence-corrected chi connectivity index (χ2v) is 6.61. The number of carbonyl (C=O) groups excluding carboxylic acids is 1. The number of rotatable bonds is 5. The predicted octanol–water partition coefficient (Wildman–Crippen LogP) is 2.88. The number of halogens is 1. The molecule has 0 bridgehead atoms. The van der Waals surface area contributed by atoms with Crippen LogP contribution in [0, 0.1) is 0 Å². The first-order valence-corrected chi connectivity index (χ1v) is 7.94. The third-order valence-corrected chi connectivity index (χ3v) is 4.51. The van der Waals surface area contributed by atoms with Crippen LogP contribution in [0.25, 0.3) is 0 Å². The normalized spacial score (nSPS) is 17.2. The molecule has 21 heavy (non-hydrogen) atoms. The minimum Gasteiger partial charge on any atom is -0.351 e. The Morgan fingerprint density at radius 1 is 1.43 bits per heavy atom. The maximum atomic E-state index is 12.6. The van der Waals surface area contributed by atoms with Crippen LogP contribution in [0.4, 0.5) is 0 Å². The Balaban J connectivity index is 1.66. The van der Waals surface area contributed by atoms with Crippen LogP contribution >= 0.6 is 15.9 Å². The summed E-state index contributed by atoms with van der Waals surface area (Å²) in [5.41, 5.74) is 0.786. The van der Waals surface area contributed by atoms with Crippen molar-refractivity contribution in [3.63, 3.8) is 0 Å². The van der Waals surface area contributed by atoms with E-state index in [4.69, 9.17) is 0 Å². The van der Waals surface area contributed by atoms with Gasteiger partial charge in [0.25, 0.3) is 0 Å². The molecule has 1 amide bonds. The summed E-state index contributed by atoms with van der Waals surface area (Å²) < 4.78 is 2.87. The number of amides is 1. The van der Waals surface area contributed by atoms with Crippen molar-refractivity contribution in [2.24, 2.45) is 0 Å². The molecule has 1 aliphatic carbocycles. The Morgan fingerprint density at radius 2 is 2.14 bits per heavy atom. The lowest BCUT2D eigenvalue weighted by molar-refractivity contribution is -0.124. The highest BCUT2D eigenvalue weighted by molar-refractivity contribution is 9.10. The number of benzene rings is 1. The number of hydrogen-bond donors (Lipinski definition) is 1. The van der Waals surface area contributed by atoms with Gasteiger partial charge in [0.2, 0.25) is 5.91 Å². The van der Waals surface area contributed by atoms with E-state index in [2.05, 4.69) is 26.3 Å². The van der Waals surface area contributed by atoms with E-state index >= 15 is 0 Å². The Kier molecular flexibility index (Phi) is 3.85. The summed E-state index contributed by atoms with van der Waals surface area (Å²) in [4.78, 5) is 12.6. The first-order chi connectivity index (χ1) is 10.1. The fraction of sp³-hybridized carbons (Fsp3) is 0.375. The van der Waals surface area contributed by atoms with Crippen molar-refractivity contribution < 1.29 is 4.79 Å². The van der Waals surface area contributed by atoms with Gasteiger partial charge in [-0.25, -0.2) is 0 Å². The Morgan fingerprint density at radius 3 is 2.71 bits per heavy atom. The van der Waals surface area contributed by atoms with Crippen LogP contribution in [0.15, 0.2) is 47.2 Å². The Labute approximate surface area is 132 Å². The summed E-state index contributed by atoms with van der Waals surface area (Å²) in [6, 6.07) is 10.0. The van der Waals surface area contributed by atoms with E-state index in [1.165, 1.54) is 0 Å². The number of hydrogen-bond acceptors (Lipinski definition) is 2. The van der Waals surface area contributed by atoms with Crippen molar-refractivity contribution in [2.75, 3.05) is 0 Å². The van der Waals surface area contributed by atoms with Crippen LogP contribution in [-0.4, -0.2) is 21.7 Å². The van der Waals surface area contributed by atoms with Gasteiger partial charge >= 0.3 is 0 Å². The molecule has 1 saturated carbocycles. The molecule has 1 aliphatic rings. The molecule has 0 spiro atoms. The zero-order valence-electron chi connectivity index (χ0n) is 11.9. The van der Waals surface area contributed by atoms with E-state index in [-0.39, 0.29) is 17.4 Å². The summed E-state index contributed by atoms with van der Waals surface area (Å²) in [5.74, 6) is 0.129. The molecule has 1 aromatic carbocycles. The maximum absolute atomic E-state index is 12.6. The van der Waals surface area contributed by atoms with Gasteiger partial charge in [-0.1, -0.05) is 28.1 Å². The van der Waals surface area contributed by atoms with Crippen molar-refractivity contribution in [2.45, 2.75) is 37.8 Å². The monoisotopic (exact) mass is 347 g/mol. The summed E-state index contributed by atoms with van der Waals surface area (Å²) in [6.07, 6.45) is 5.51. The molecule has 5 heteroatoms. The first kappa shape index (κ1) is 14.3. The quantitative estimate of drug-likeness (QED) is 0.903. The van der Waals surface area contributed by atoms with Crippen molar-refractivity contribution >= 4 is 21.8 Å². The number of aromatic nitrogens is 2. The molecule has 1 heterocycles. The molecular formula is C16H18BrN3O. The third-order valence-electron chi connectivity index (χ3n) is 3.98. The standard InChI is InChI=1S/C16H18BrN3O/c1-12(11-20-10-2-9-18-20)19-15(21)16(7-8-16)13-3-5-14(17)6-4-13/h2-6,9-10,12H,7-8,11H2,1H3,(H,19,21). The molecule has 1 atom stereocenters. The lowest BCUT2D eigenvalue weighted by atomic mass is 9.95. The molecular weight excluding hydrogens is 330 g/mol. The van der Waals surface area contributed by atoms with Gasteiger partial charge in [0.15, 0.2) is 0 Å². The summed E-state index contributed by atoms with van der Waals surface area (Å²) in [5, 5.41) is 7.29. The second kappa shape index (κ2) is 5.64. The average molecular weight is 348 g/mol. The molecule has 1 aromatic heterocycles. The Bertz CT molecular complexity index is 617. The van der Waals surface area contributed by atoms with E-state index < -0.39 is 0 Å². The fourth-order valence-electron chi connectivity index (χ4n) is 2.64. The van der Waals surface area contributed by atoms with Crippen LogP contribution in [0.2, 0.25) is 0 Å². The highest BCUT2D eigenvalue weighted by Crippen LogP contribution is 2.48. The summed E-state index contributed by atoms with van der Waals surface area (Å²) in [7, 11) is 0. The number of carbonyl (C=O) groups is 1. The van der Waals surface area contributed by atoms with Gasteiger partial charge in [0, 0.05) is 22.9 Å². The van der Waals surface area contributed by atoms with Gasteiger partial charge in [-0.3, -0.25) is 9.48 Å². The molecule has 2 aromatic rings. The zero-order valence-corrected chi connectivity index (χ0v) is 13.5. The van der Waals surface area contributed by atoms with Crippen molar-refractivity contribution in [1.29, 1.82) is 0 Å². The van der Waals surface area contributed by atoms with Crippen molar-refractivity contribution in [1.82, 2.24) is 15.1 Å². The van der Waals surface area contributed by atoms with Crippen molar-refractivity contribution in [3.05, 3.63) is 52.8 Å². The zero-order chi connectivity index (χ0) is 14.9. The fourth-order valence-corrected chi connectivity index (χ4v) is 2.90. The molecule has 110 valence electrons. The number of nitrogens with zero attached hydrogens (tertiary/aromatic N) is 2. The van der Waals surface area contributed by atoms with Crippen LogP contribution in [0.5, 0.6) is 0 Å². The third kappa shape index (κ3) is 3.02. The van der Waals surface area contributed by atoms with Gasteiger partial charge in [0.1, 0.15) is 0 Å². The molecule has 1 fully saturated rings. The minimum absolute atomic E-state index is 0.0605. The van der Waals surface area contributed by atoms with Gasteiger partial charge in [0.05, 0.1) is 12.0 Å². The van der Waals surface area contributed by atoms with Crippen LogP contribution in [-0.2, 0) is 16.8 Å². The van der Waals surface area contributed by atoms with Crippen LogP contribution in [0.1, 0.15) is 25.3 Å². The first-order valence-electron chi connectivity index (χ1n) is 7.15. The predicted molar refractivity (Wildman–Crippen MR) is 84.9 cm³/mol. The lowest BCUT2D eigenvalue weighted by Gasteiger charge is -2.20. The summed E-state index contributed by atoms with van der Waals surface area (Å²) >= 11 is 3.43. The highest BCUT2D eigenvalue weighted by atomic mass is 79.9. The second-order valence-electron chi connectivity index (χ2n) is 5.69. The van der Waals surface area contributed by atoms with Gasteiger partial charge in [-0.15, -0.1) is 0 Å². The van der Waals surface area contributed by atoms with E-state index in [0.717, 1.165) is 22.9 Å². The molecule has 0 saturated heterocycles. The van der Waals surface area contributed by atoms with Gasteiger partial charge < -0.3 is 5.32 Å². The van der Waals surface area contributed by atoms with E-state index in [1.54, 1.807) is 6.20 Å².